The van der Waals surface area contributed by atoms with Crippen LogP contribution in [0.4, 0.5) is 4.79 Å². The number of urea groups is 1. The van der Waals surface area contributed by atoms with Gasteiger partial charge in [-0.15, -0.1) is 11.3 Å². The zero-order valence-corrected chi connectivity index (χ0v) is 21.5. The Bertz CT molecular complexity index is 1600. The second-order valence-electron chi connectivity index (χ2n) is 8.86. The molecule has 1 atom stereocenters. The number of carbonyl (C=O) groups excluding carboxylic acids is 1. The summed E-state index contributed by atoms with van der Waals surface area (Å²) in [5.41, 5.74) is 5.39. The number of para-hydroxylation sites is 1. The quantitative estimate of drug-likeness (QED) is 0.248. The summed E-state index contributed by atoms with van der Waals surface area (Å²) in [7, 11) is 1.62. The fourth-order valence-electron chi connectivity index (χ4n) is 4.59. The molecule has 0 saturated carbocycles. The predicted octanol–water partition coefficient (Wildman–Crippen LogP) is 6.81. The first-order valence-corrected chi connectivity index (χ1v) is 13.1. The summed E-state index contributed by atoms with van der Waals surface area (Å²) in [5, 5.41) is 7.01. The topological polar surface area (TPSA) is 72.5 Å². The highest BCUT2D eigenvalue weighted by Crippen LogP contribution is 2.42. The maximum atomic E-state index is 13.0. The van der Waals surface area contributed by atoms with Crippen LogP contribution in [0, 0.1) is 0 Å². The second kappa shape index (κ2) is 10.4. The minimum atomic E-state index is -0.454. The van der Waals surface area contributed by atoms with Crippen LogP contribution in [0.1, 0.15) is 27.7 Å². The number of fused-ring (bicyclic) bond motifs is 1. The van der Waals surface area contributed by atoms with Gasteiger partial charge in [0.2, 0.25) is 0 Å². The van der Waals surface area contributed by atoms with E-state index in [0.717, 1.165) is 43.2 Å². The van der Waals surface area contributed by atoms with Crippen molar-refractivity contribution in [2.75, 3.05) is 7.11 Å². The fraction of sp³-hybridized carbons (Fsp3) is 0.0968. The minimum absolute atomic E-state index is 0.277. The first-order valence-electron chi connectivity index (χ1n) is 12.3. The van der Waals surface area contributed by atoms with Gasteiger partial charge in [-0.3, -0.25) is 0 Å². The average Bonchev–Trinajstić information content (AvgIpc) is 3.40. The number of nitrogens with zero attached hydrogens (tertiary/aromatic N) is 1. The molecule has 0 saturated heterocycles. The van der Waals surface area contributed by atoms with Crippen molar-refractivity contribution in [3.63, 3.8) is 0 Å². The van der Waals surface area contributed by atoms with Crippen molar-refractivity contribution in [1.29, 1.82) is 0 Å². The van der Waals surface area contributed by atoms with Crippen LogP contribution >= 0.6 is 11.3 Å². The average molecular weight is 520 g/mol. The number of thiazole rings is 1. The van der Waals surface area contributed by atoms with Crippen molar-refractivity contribution in [1.82, 2.24) is 15.6 Å². The molecule has 0 bridgehead atoms. The monoisotopic (exact) mass is 519 g/mol. The Morgan fingerprint density at radius 2 is 1.61 bits per heavy atom. The van der Waals surface area contributed by atoms with Crippen molar-refractivity contribution in [3.8, 4) is 11.5 Å². The predicted molar refractivity (Wildman–Crippen MR) is 151 cm³/mol. The third-order valence-corrected chi connectivity index (χ3v) is 7.49. The number of hydrogen-bond acceptors (Lipinski definition) is 5. The zero-order chi connectivity index (χ0) is 25.9. The molecule has 38 heavy (non-hydrogen) atoms. The lowest BCUT2D eigenvalue weighted by molar-refractivity contribution is 0.242. The standard InChI is InChI=1S/C31H25N3O3S/c1-36-24-17-16-22(18-25(24)37-19-20-10-4-2-5-11-20)29-27(30-32-23-14-8-9-15-26(23)38-30)28(33-31(35)34-29)21-12-6-3-7-13-21/h2-18,29H,19H2,1H3,(H2,33,34,35)/t29-/m1/s1. The largest absolute Gasteiger partial charge is 0.493 e. The van der Waals surface area contributed by atoms with Gasteiger partial charge in [0.15, 0.2) is 11.5 Å². The van der Waals surface area contributed by atoms with E-state index in [0.29, 0.717) is 18.1 Å². The number of amides is 2. The van der Waals surface area contributed by atoms with E-state index in [9.17, 15) is 4.79 Å². The third-order valence-electron chi connectivity index (χ3n) is 6.42. The molecule has 1 aromatic heterocycles. The third kappa shape index (κ3) is 4.71. The molecule has 0 unspecified atom stereocenters. The van der Waals surface area contributed by atoms with E-state index < -0.39 is 6.04 Å². The molecule has 5 aromatic rings. The number of nitrogens with one attached hydrogen (secondary N) is 2. The highest BCUT2D eigenvalue weighted by molar-refractivity contribution is 7.19. The van der Waals surface area contributed by atoms with E-state index in [2.05, 4.69) is 16.7 Å². The molecule has 0 fully saturated rings. The number of carbonyl (C=O) groups is 1. The smallest absolute Gasteiger partial charge is 0.320 e. The lowest BCUT2D eigenvalue weighted by Gasteiger charge is -2.30. The summed E-state index contributed by atoms with van der Waals surface area (Å²) in [6.07, 6.45) is 0. The number of rotatable bonds is 7. The lowest BCUT2D eigenvalue weighted by Crippen LogP contribution is -2.43. The maximum absolute atomic E-state index is 13.0. The van der Waals surface area contributed by atoms with Gasteiger partial charge < -0.3 is 20.1 Å². The fourth-order valence-corrected chi connectivity index (χ4v) is 5.63. The van der Waals surface area contributed by atoms with Crippen LogP contribution in [0.3, 0.4) is 0 Å². The number of methoxy groups -OCH3 is 1. The Kier molecular flexibility index (Phi) is 6.50. The van der Waals surface area contributed by atoms with Crippen LogP contribution in [0.15, 0.2) is 103 Å². The van der Waals surface area contributed by atoms with Crippen LogP contribution in [-0.2, 0) is 6.61 Å². The van der Waals surface area contributed by atoms with Gasteiger partial charge in [-0.1, -0.05) is 78.9 Å². The minimum Gasteiger partial charge on any atom is -0.493 e. The Labute approximate surface area is 224 Å². The lowest BCUT2D eigenvalue weighted by atomic mass is 9.92. The molecule has 6 nitrogen and oxygen atoms in total. The molecule has 188 valence electrons. The van der Waals surface area contributed by atoms with E-state index in [1.165, 1.54) is 0 Å². The van der Waals surface area contributed by atoms with Gasteiger partial charge in [0, 0.05) is 5.57 Å². The first kappa shape index (κ1) is 23.8. The van der Waals surface area contributed by atoms with E-state index >= 15 is 0 Å². The highest BCUT2D eigenvalue weighted by atomic mass is 32.1. The van der Waals surface area contributed by atoms with Crippen molar-refractivity contribution in [2.24, 2.45) is 0 Å². The molecule has 2 heterocycles. The van der Waals surface area contributed by atoms with Crippen LogP contribution in [0.2, 0.25) is 0 Å². The van der Waals surface area contributed by atoms with E-state index in [-0.39, 0.29) is 6.03 Å². The number of benzene rings is 4. The summed E-state index contributed by atoms with van der Waals surface area (Å²) in [6, 6.07) is 33.0. The maximum Gasteiger partial charge on any atom is 0.320 e. The Morgan fingerprint density at radius 3 is 2.37 bits per heavy atom. The highest BCUT2D eigenvalue weighted by Gasteiger charge is 2.32. The Hall–Kier alpha value is -4.62. The molecule has 0 radical (unpaired) electrons. The second-order valence-corrected chi connectivity index (χ2v) is 9.89. The molecular formula is C31H25N3O3S. The van der Waals surface area contributed by atoms with E-state index in [1.807, 2.05) is 97.1 Å². The Morgan fingerprint density at radius 1 is 0.868 bits per heavy atom. The van der Waals surface area contributed by atoms with Crippen molar-refractivity contribution in [3.05, 3.63) is 125 Å². The molecule has 2 N–H and O–H groups in total. The number of hydrogen-bond donors (Lipinski definition) is 2. The van der Waals surface area contributed by atoms with Gasteiger partial charge in [0.05, 0.1) is 29.1 Å². The molecule has 4 aromatic carbocycles. The van der Waals surface area contributed by atoms with Crippen molar-refractivity contribution < 1.29 is 14.3 Å². The van der Waals surface area contributed by atoms with Gasteiger partial charge in [-0.2, -0.15) is 0 Å². The van der Waals surface area contributed by atoms with Crippen LogP contribution in [0.5, 0.6) is 11.5 Å². The summed E-state index contributed by atoms with van der Waals surface area (Å²) in [4.78, 5) is 17.9. The van der Waals surface area contributed by atoms with Crippen LogP contribution < -0.4 is 20.1 Å². The normalized spacial score (nSPS) is 15.2. The van der Waals surface area contributed by atoms with E-state index in [1.54, 1.807) is 18.4 Å². The van der Waals surface area contributed by atoms with Gasteiger partial charge in [-0.25, -0.2) is 9.78 Å². The zero-order valence-electron chi connectivity index (χ0n) is 20.7. The number of aromatic nitrogens is 1. The molecule has 1 aliphatic heterocycles. The van der Waals surface area contributed by atoms with E-state index in [4.69, 9.17) is 14.5 Å². The molecular weight excluding hydrogens is 494 g/mol. The van der Waals surface area contributed by atoms with Crippen LogP contribution in [-0.4, -0.2) is 18.1 Å². The molecule has 1 aliphatic rings. The summed E-state index contributed by atoms with van der Waals surface area (Å²) in [6.45, 7) is 0.398. The van der Waals surface area contributed by atoms with Crippen molar-refractivity contribution >= 4 is 38.9 Å². The first-order chi connectivity index (χ1) is 18.7. The molecule has 6 rings (SSSR count). The summed E-state index contributed by atoms with van der Waals surface area (Å²) in [5.74, 6) is 1.23. The van der Waals surface area contributed by atoms with Gasteiger partial charge in [0.1, 0.15) is 11.6 Å². The van der Waals surface area contributed by atoms with Gasteiger partial charge >= 0.3 is 6.03 Å². The molecule has 7 heteroatoms. The van der Waals surface area contributed by atoms with Crippen molar-refractivity contribution in [2.45, 2.75) is 12.6 Å². The summed E-state index contributed by atoms with van der Waals surface area (Å²) < 4.78 is 12.9. The number of ether oxygens (including phenoxy) is 2. The molecule has 2 amide bonds. The molecule has 0 spiro atoms. The summed E-state index contributed by atoms with van der Waals surface area (Å²) >= 11 is 1.61. The SMILES string of the molecule is COc1ccc([C@H]2NC(=O)NC(c3ccccc3)=C2c2nc3ccccc3s2)cc1OCc1ccccc1. The van der Waals surface area contributed by atoms with Gasteiger partial charge in [-0.05, 0) is 41.0 Å². The van der Waals surface area contributed by atoms with Gasteiger partial charge in [0.25, 0.3) is 0 Å². The van der Waals surface area contributed by atoms with Crippen LogP contribution in [0.25, 0.3) is 21.5 Å². The molecule has 0 aliphatic carbocycles. The Balaban J connectivity index is 1.47.